The van der Waals surface area contributed by atoms with Crippen LogP contribution in [0.1, 0.15) is 19.4 Å². The molecule has 0 fully saturated rings. The molecule has 86 valence electrons. The van der Waals surface area contributed by atoms with Gasteiger partial charge >= 0.3 is 0 Å². The van der Waals surface area contributed by atoms with Crippen molar-refractivity contribution in [2.24, 2.45) is 11.1 Å². The number of aryl methyl sites for hydroxylation is 1. The summed E-state index contributed by atoms with van der Waals surface area (Å²) in [5.41, 5.74) is 6.00. The first-order valence-corrected chi connectivity index (χ1v) is 7.29. The molecule has 0 radical (unpaired) electrons. The Morgan fingerprint density at radius 1 is 1.47 bits per heavy atom. The number of nitrogens with two attached hydrogens (primary N) is 1. The van der Waals surface area contributed by atoms with Crippen LogP contribution >= 0.6 is 11.3 Å². The van der Waals surface area contributed by atoms with E-state index >= 15 is 0 Å². The fourth-order valence-electron chi connectivity index (χ4n) is 1.32. The molecule has 0 atom stereocenters. The number of rotatable bonds is 4. The molecule has 0 aliphatic heterocycles. The van der Waals surface area contributed by atoms with Crippen LogP contribution < -0.4 is 5.73 Å². The van der Waals surface area contributed by atoms with Gasteiger partial charge in [-0.05, 0) is 35.9 Å². The van der Waals surface area contributed by atoms with Gasteiger partial charge in [-0.15, -0.1) is 11.3 Å². The Bertz CT molecular complexity index is 432. The Morgan fingerprint density at radius 3 is 2.47 bits per heavy atom. The Hall–Kier alpha value is -0.390. The molecule has 0 saturated carbocycles. The summed E-state index contributed by atoms with van der Waals surface area (Å²) in [6, 6.07) is 1.83. The second-order valence-corrected chi connectivity index (χ2v) is 7.62. The third-order valence-corrected chi connectivity index (χ3v) is 6.14. The molecule has 5 heteroatoms. The van der Waals surface area contributed by atoms with Crippen LogP contribution in [-0.4, -0.2) is 20.7 Å². The van der Waals surface area contributed by atoms with Gasteiger partial charge in [0.1, 0.15) is 4.21 Å². The first kappa shape index (κ1) is 12.7. The molecule has 0 aliphatic rings. The summed E-state index contributed by atoms with van der Waals surface area (Å²) < 4.78 is 24.6. The monoisotopic (exact) mass is 247 g/mol. The maximum Gasteiger partial charge on any atom is 0.188 e. The first-order valence-electron chi connectivity index (χ1n) is 4.75. The van der Waals surface area contributed by atoms with Gasteiger partial charge < -0.3 is 5.73 Å². The summed E-state index contributed by atoms with van der Waals surface area (Å²) >= 11 is 1.28. The Balaban J connectivity index is 3.01. The van der Waals surface area contributed by atoms with E-state index in [1.54, 1.807) is 5.38 Å². The summed E-state index contributed by atoms with van der Waals surface area (Å²) in [5.74, 6) is 0.109. The molecule has 1 rings (SSSR count). The number of sulfone groups is 1. The maximum atomic E-state index is 12.0. The van der Waals surface area contributed by atoms with Crippen molar-refractivity contribution in [3.05, 3.63) is 17.0 Å². The van der Waals surface area contributed by atoms with Gasteiger partial charge in [-0.1, -0.05) is 13.8 Å². The molecule has 0 amide bonds. The topological polar surface area (TPSA) is 60.2 Å². The Kier molecular flexibility index (Phi) is 3.58. The Labute approximate surface area is 95.2 Å². The van der Waals surface area contributed by atoms with Crippen LogP contribution in [0.15, 0.2) is 15.7 Å². The fraction of sp³-hybridized carbons (Fsp3) is 0.600. The summed E-state index contributed by atoms with van der Waals surface area (Å²) in [7, 11) is -3.18. The van der Waals surface area contributed by atoms with Crippen molar-refractivity contribution < 1.29 is 8.42 Å². The van der Waals surface area contributed by atoms with Crippen molar-refractivity contribution in [3.63, 3.8) is 0 Å². The number of hydrogen-bond donors (Lipinski definition) is 1. The zero-order valence-electron chi connectivity index (χ0n) is 9.28. The van der Waals surface area contributed by atoms with E-state index in [-0.39, 0.29) is 11.2 Å². The van der Waals surface area contributed by atoms with Gasteiger partial charge in [0, 0.05) is 0 Å². The molecule has 15 heavy (non-hydrogen) atoms. The molecule has 1 aromatic heterocycles. The van der Waals surface area contributed by atoms with Crippen molar-refractivity contribution in [2.45, 2.75) is 25.0 Å². The Morgan fingerprint density at radius 2 is 2.07 bits per heavy atom. The lowest BCUT2D eigenvalue weighted by Crippen LogP contribution is -2.31. The highest BCUT2D eigenvalue weighted by atomic mass is 32.2. The molecule has 2 N–H and O–H groups in total. The SMILES string of the molecule is Cc1ccsc1S(=O)(=O)CC(C)(C)CN. The van der Waals surface area contributed by atoms with Crippen molar-refractivity contribution >= 4 is 21.2 Å². The molecular weight excluding hydrogens is 230 g/mol. The van der Waals surface area contributed by atoms with Crippen LogP contribution in [0.3, 0.4) is 0 Å². The number of thiophene rings is 1. The van der Waals surface area contributed by atoms with Crippen LogP contribution in [0.5, 0.6) is 0 Å². The zero-order valence-corrected chi connectivity index (χ0v) is 10.9. The zero-order chi connectivity index (χ0) is 11.7. The van der Waals surface area contributed by atoms with E-state index in [2.05, 4.69) is 0 Å². The fourth-order valence-corrected chi connectivity index (χ4v) is 4.73. The minimum Gasteiger partial charge on any atom is -0.330 e. The third-order valence-electron chi connectivity index (χ3n) is 2.23. The van der Waals surface area contributed by atoms with Gasteiger partial charge in [0.25, 0.3) is 0 Å². The van der Waals surface area contributed by atoms with E-state index in [1.807, 2.05) is 26.8 Å². The van der Waals surface area contributed by atoms with Gasteiger partial charge in [0.05, 0.1) is 5.75 Å². The lowest BCUT2D eigenvalue weighted by atomic mass is 9.97. The summed E-state index contributed by atoms with van der Waals surface area (Å²) in [6.45, 7) is 5.93. The first-order chi connectivity index (χ1) is 6.78. The summed E-state index contributed by atoms with van der Waals surface area (Å²) in [4.78, 5) is 0. The largest absolute Gasteiger partial charge is 0.330 e. The number of hydrogen-bond acceptors (Lipinski definition) is 4. The van der Waals surface area contributed by atoms with Crippen LogP contribution in [0.25, 0.3) is 0 Å². The van der Waals surface area contributed by atoms with Crippen molar-refractivity contribution in [3.8, 4) is 0 Å². The lowest BCUT2D eigenvalue weighted by molar-refractivity contribution is 0.425. The molecule has 0 aliphatic carbocycles. The van der Waals surface area contributed by atoms with Crippen molar-refractivity contribution in [1.29, 1.82) is 0 Å². The van der Waals surface area contributed by atoms with Crippen molar-refractivity contribution in [1.82, 2.24) is 0 Å². The molecule has 1 aromatic rings. The molecule has 0 bridgehead atoms. The highest BCUT2D eigenvalue weighted by Gasteiger charge is 2.28. The van der Waals surface area contributed by atoms with E-state index in [0.717, 1.165) is 5.56 Å². The summed E-state index contributed by atoms with van der Waals surface area (Å²) in [6.07, 6.45) is 0. The van der Waals surface area contributed by atoms with Gasteiger partial charge in [0.15, 0.2) is 9.84 Å². The molecule has 1 heterocycles. The van der Waals surface area contributed by atoms with E-state index in [9.17, 15) is 8.42 Å². The average molecular weight is 247 g/mol. The predicted octanol–water partition coefficient (Wildman–Crippen LogP) is 1.82. The van der Waals surface area contributed by atoms with E-state index in [0.29, 0.717) is 10.8 Å². The van der Waals surface area contributed by atoms with Gasteiger partial charge in [-0.25, -0.2) is 8.42 Å². The van der Waals surface area contributed by atoms with Crippen LogP contribution in [0.4, 0.5) is 0 Å². The summed E-state index contributed by atoms with van der Waals surface area (Å²) in [5, 5.41) is 1.80. The minimum absolute atomic E-state index is 0.109. The smallest absolute Gasteiger partial charge is 0.188 e. The second-order valence-electron chi connectivity index (χ2n) is 4.52. The molecule has 0 aromatic carbocycles. The highest BCUT2D eigenvalue weighted by Crippen LogP contribution is 2.27. The molecule has 0 spiro atoms. The van der Waals surface area contributed by atoms with Crippen LogP contribution in [0.2, 0.25) is 0 Å². The van der Waals surface area contributed by atoms with E-state index in [4.69, 9.17) is 5.73 Å². The van der Waals surface area contributed by atoms with Crippen LogP contribution in [-0.2, 0) is 9.84 Å². The molecule has 0 saturated heterocycles. The average Bonchev–Trinajstić information content (AvgIpc) is 2.50. The van der Waals surface area contributed by atoms with Crippen LogP contribution in [0, 0.1) is 12.3 Å². The molecular formula is C10H17NO2S2. The van der Waals surface area contributed by atoms with E-state index in [1.165, 1.54) is 11.3 Å². The molecule has 0 unspecified atom stereocenters. The van der Waals surface area contributed by atoms with E-state index < -0.39 is 9.84 Å². The van der Waals surface area contributed by atoms with Gasteiger partial charge in [-0.3, -0.25) is 0 Å². The third kappa shape index (κ3) is 3.03. The predicted molar refractivity (Wildman–Crippen MR) is 63.9 cm³/mol. The second kappa shape index (κ2) is 4.23. The minimum atomic E-state index is -3.18. The standard InChI is InChI=1S/C10H17NO2S2/c1-8-4-5-14-9(8)15(12,13)7-10(2,3)6-11/h4-5H,6-7,11H2,1-3H3. The molecule has 3 nitrogen and oxygen atoms in total. The highest BCUT2D eigenvalue weighted by molar-refractivity contribution is 7.93. The quantitative estimate of drug-likeness (QED) is 0.882. The lowest BCUT2D eigenvalue weighted by Gasteiger charge is -2.21. The normalized spacial score (nSPS) is 13.1. The maximum absolute atomic E-state index is 12.0. The van der Waals surface area contributed by atoms with Gasteiger partial charge in [-0.2, -0.15) is 0 Å². The van der Waals surface area contributed by atoms with Crippen molar-refractivity contribution in [2.75, 3.05) is 12.3 Å². The van der Waals surface area contributed by atoms with Gasteiger partial charge in [0.2, 0.25) is 0 Å².